The Morgan fingerprint density at radius 1 is 1.35 bits per heavy atom. The van der Waals surface area contributed by atoms with Gasteiger partial charge in [-0.15, -0.1) is 0 Å². The zero-order valence-electron chi connectivity index (χ0n) is 10.1. The molecule has 2 aromatic rings. The highest BCUT2D eigenvalue weighted by Gasteiger charge is 2.14. The Bertz CT molecular complexity index is 606. The normalized spacial score (nSPS) is 10.5. The maximum Gasteiger partial charge on any atom is 0.341 e. The van der Waals surface area contributed by atoms with Gasteiger partial charge in [-0.05, 0) is 25.0 Å². The molecule has 0 unspecified atom stereocenters. The Morgan fingerprint density at radius 2 is 2.06 bits per heavy atom. The molecule has 0 aliphatic carbocycles. The number of carbonyl (C=O) groups is 1. The molecular weight excluding hydrogens is 216 g/mol. The largest absolute Gasteiger partial charge is 0.465 e. The third-order valence-electron chi connectivity index (χ3n) is 3.01. The predicted octanol–water partition coefficient (Wildman–Crippen LogP) is 2.22. The number of hydrogen-bond donors (Lipinski definition) is 1. The van der Waals surface area contributed by atoms with E-state index in [1.165, 1.54) is 13.3 Å². The fourth-order valence-corrected chi connectivity index (χ4v) is 1.80. The first-order chi connectivity index (χ1) is 8.06. The lowest BCUT2D eigenvalue weighted by Gasteiger charge is -2.09. The van der Waals surface area contributed by atoms with Crippen LogP contribution in [0.2, 0.25) is 0 Å². The molecule has 1 heterocycles. The van der Waals surface area contributed by atoms with Crippen molar-refractivity contribution in [3.63, 3.8) is 0 Å². The highest BCUT2D eigenvalue weighted by atomic mass is 16.5. The van der Waals surface area contributed by atoms with Crippen LogP contribution in [0.3, 0.4) is 0 Å². The van der Waals surface area contributed by atoms with Crippen molar-refractivity contribution in [1.82, 2.24) is 4.98 Å². The van der Waals surface area contributed by atoms with E-state index in [9.17, 15) is 4.79 Å². The highest BCUT2D eigenvalue weighted by Crippen LogP contribution is 2.27. The summed E-state index contributed by atoms with van der Waals surface area (Å²) >= 11 is 0. The summed E-state index contributed by atoms with van der Waals surface area (Å²) in [6, 6.07) is 3.85. The van der Waals surface area contributed by atoms with Crippen LogP contribution in [0.5, 0.6) is 0 Å². The maximum atomic E-state index is 11.5. The van der Waals surface area contributed by atoms with Gasteiger partial charge in [-0.3, -0.25) is 4.98 Å². The Balaban J connectivity index is 2.77. The lowest BCUT2D eigenvalue weighted by Crippen LogP contribution is -2.07. The molecule has 0 aliphatic rings. The number of rotatable bonds is 1. The standard InChI is InChI=1S/C13H14N2O2/c1-7-4-5-9-11(14)10(13(16)17-3)6-15-12(9)8(7)2/h4-6H,1-3H3,(H2,14,15). The molecule has 0 saturated heterocycles. The van der Waals surface area contributed by atoms with Gasteiger partial charge in [0.15, 0.2) is 0 Å². The number of aryl methyl sites for hydroxylation is 2. The van der Waals surface area contributed by atoms with E-state index >= 15 is 0 Å². The van der Waals surface area contributed by atoms with E-state index in [4.69, 9.17) is 5.73 Å². The molecule has 4 heteroatoms. The molecule has 2 rings (SSSR count). The number of anilines is 1. The molecule has 0 aliphatic heterocycles. The highest BCUT2D eigenvalue weighted by molar-refractivity contribution is 6.04. The fourth-order valence-electron chi connectivity index (χ4n) is 1.80. The average Bonchev–Trinajstić information content (AvgIpc) is 2.33. The van der Waals surface area contributed by atoms with Crippen LogP contribution in [0.4, 0.5) is 5.69 Å². The molecule has 0 amide bonds. The van der Waals surface area contributed by atoms with Gasteiger partial charge >= 0.3 is 5.97 Å². The second kappa shape index (κ2) is 4.05. The fraction of sp³-hybridized carbons (Fsp3) is 0.231. The molecule has 1 aromatic carbocycles. The predicted molar refractivity (Wildman–Crippen MR) is 67.0 cm³/mol. The van der Waals surface area contributed by atoms with E-state index in [2.05, 4.69) is 9.72 Å². The van der Waals surface area contributed by atoms with Crippen molar-refractivity contribution in [2.45, 2.75) is 13.8 Å². The quantitative estimate of drug-likeness (QED) is 0.763. The summed E-state index contributed by atoms with van der Waals surface area (Å²) in [6.45, 7) is 4.00. The summed E-state index contributed by atoms with van der Waals surface area (Å²) in [7, 11) is 1.33. The molecule has 17 heavy (non-hydrogen) atoms. The van der Waals surface area contributed by atoms with E-state index in [1.54, 1.807) is 0 Å². The Kier molecular flexibility index (Phi) is 2.71. The summed E-state index contributed by atoms with van der Waals surface area (Å²) in [5.74, 6) is -0.463. The van der Waals surface area contributed by atoms with Gasteiger partial charge in [0.1, 0.15) is 5.56 Å². The lowest BCUT2D eigenvalue weighted by atomic mass is 10.0. The molecule has 2 N–H and O–H groups in total. The van der Waals surface area contributed by atoms with Crippen LogP contribution in [-0.2, 0) is 4.74 Å². The van der Waals surface area contributed by atoms with Crippen LogP contribution in [-0.4, -0.2) is 18.1 Å². The van der Waals surface area contributed by atoms with Crippen LogP contribution in [0.1, 0.15) is 21.5 Å². The second-order valence-corrected chi connectivity index (χ2v) is 3.98. The number of ether oxygens (including phenoxy) is 1. The molecule has 4 nitrogen and oxygen atoms in total. The minimum atomic E-state index is -0.463. The number of nitrogens with zero attached hydrogens (tertiary/aromatic N) is 1. The summed E-state index contributed by atoms with van der Waals surface area (Å²) < 4.78 is 4.66. The van der Waals surface area contributed by atoms with Crippen molar-refractivity contribution in [2.75, 3.05) is 12.8 Å². The van der Waals surface area contributed by atoms with E-state index in [1.807, 2.05) is 26.0 Å². The van der Waals surface area contributed by atoms with Crippen LogP contribution in [0.25, 0.3) is 10.9 Å². The third-order valence-corrected chi connectivity index (χ3v) is 3.01. The molecule has 0 radical (unpaired) electrons. The van der Waals surface area contributed by atoms with E-state index in [0.717, 1.165) is 22.0 Å². The van der Waals surface area contributed by atoms with Crippen molar-refractivity contribution in [3.05, 3.63) is 35.0 Å². The zero-order valence-corrected chi connectivity index (χ0v) is 10.1. The summed E-state index contributed by atoms with van der Waals surface area (Å²) in [6.07, 6.45) is 1.47. The number of carbonyl (C=O) groups excluding carboxylic acids is 1. The first-order valence-electron chi connectivity index (χ1n) is 5.29. The van der Waals surface area contributed by atoms with Gasteiger partial charge in [0.05, 0.1) is 18.3 Å². The molecule has 0 fully saturated rings. The SMILES string of the molecule is COC(=O)c1cnc2c(C)c(C)ccc2c1N. The van der Waals surface area contributed by atoms with Crippen LogP contribution in [0.15, 0.2) is 18.3 Å². The number of nitrogen functional groups attached to an aromatic ring is 1. The number of methoxy groups -OCH3 is 1. The molecular formula is C13H14N2O2. The van der Waals surface area contributed by atoms with Crippen molar-refractivity contribution >= 4 is 22.6 Å². The second-order valence-electron chi connectivity index (χ2n) is 3.98. The Labute approximate surface area is 99.4 Å². The number of hydrogen-bond acceptors (Lipinski definition) is 4. The average molecular weight is 230 g/mol. The first-order valence-corrected chi connectivity index (χ1v) is 5.29. The monoisotopic (exact) mass is 230 g/mol. The molecule has 1 aromatic heterocycles. The first kappa shape index (κ1) is 11.4. The number of nitrogens with two attached hydrogens (primary N) is 1. The third kappa shape index (κ3) is 1.71. The Morgan fingerprint density at radius 3 is 2.71 bits per heavy atom. The molecule has 0 saturated carbocycles. The Hall–Kier alpha value is -2.10. The van der Waals surface area contributed by atoms with E-state index in [0.29, 0.717) is 11.3 Å². The zero-order chi connectivity index (χ0) is 12.6. The van der Waals surface area contributed by atoms with Crippen LogP contribution in [0, 0.1) is 13.8 Å². The topological polar surface area (TPSA) is 65.2 Å². The molecule has 88 valence electrons. The smallest absolute Gasteiger partial charge is 0.341 e. The van der Waals surface area contributed by atoms with Crippen molar-refractivity contribution in [2.24, 2.45) is 0 Å². The molecule has 0 atom stereocenters. The summed E-state index contributed by atoms with van der Waals surface area (Å²) in [4.78, 5) is 15.8. The van der Waals surface area contributed by atoms with Gasteiger partial charge < -0.3 is 10.5 Å². The van der Waals surface area contributed by atoms with Gasteiger partial charge in [0.2, 0.25) is 0 Å². The lowest BCUT2D eigenvalue weighted by molar-refractivity contribution is 0.0601. The van der Waals surface area contributed by atoms with Gasteiger partial charge in [-0.25, -0.2) is 4.79 Å². The number of esters is 1. The van der Waals surface area contributed by atoms with Gasteiger partial charge in [0.25, 0.3) is 0 Å². The van der Waals surface area contributed by atoms with Gasteiger partial charge in [-0.2, -0.15) is 0 Å². The van der Waals surface area contributed by atoms with Crippen molar-refractivity contribution in [3.8, 4) is 0 Å². The minimum Gasteiger partial charge on any atom is -0.465 e. The van der Waals surface area contributed by atoms with E-state index in [-0.39, 0.29) is 0 Å². The van der Waals surface area contributed by atoms with Crippen LogP contribution < -0.4 is 5.73 Å². The van der Waals surface area contributed by atoms with Crippen LogP contribution >= 0.6 is 0 Å². The van der Waals surface area contributed by atoms with Crippen molar-refractivity contribution in [1.29, 1.82) is 0 Å². The molecule has 0 spiro atoms. The number of fused-ring (bicyclic) bond motifs is 1. The minimum absolute atomic E-state index is 0.309. The van der Waals surface area contributed by atoms with Gasteiger partial charge in [0, 0.05) is 11.6 Å². The van der Waals surface area contributed by atoms with Crippen molar-refractivity contribution < 1.29 is 9.53 Å². The summed E-state index contributed by atoms with van der Waals surface area (Å²) in [5, 5.41) is 0.788. The van der Waals surface area contributed by atoms with Gasteiger partial charge in [-0.1, -0.05) is 12.1 Å². The van der Waals surface area contributed by atoms with E-state index < -0.39 is 5.97 Å². The number of aromatic nitrogens is 1. The maximum absolute atomic E-state index is 11.5. The number of pyridine rings is 1. The summed E-state index contributed by atoms with van der Waals surface area (Å²) in [5.41, 5.74) is 9.76. The number of benzene rings is 1. The molecule has 0 bridgehead atoms.